The minimum absolute atomic E-state index is 0.293. The molecule has 16 heavy (non-hydrogen) atoms. The van der Waals surface area contributed by atoms with Gasteiger partial charge in [-0.2, -0.15) is 4.84 Å². The van der Waals surface area contributed by atoms with Crippen molar-refractivity contribution in [3.05, 3.63) is 11.4 Å². The Morgan fingerprint density at radius 3 is 2.56 bits per heavy atom. The number of likely N-dealkylation sites (tertiary alicyclic amines) is 1. The van der Waals surface area contributed by atoms with Crippen LogP contribution in [0.1, 0.15) is 12.8 Å². The Labute approximate surface area is 94.8 Å². The van der Waals surface area contributed by atoms with Gasteiger partial charge in [0.15, 0.2) is 0 Å². The van der Waals surface area contributed by atoms with Crippen LogP contribution in [0.3, 0.4) is 0 Å². The summed E-state index contributed by atoms with van der Waals surface area (Å²) in [7, 11) is 3.68. The van der Waals surface area contributed by atoms with Crippen molar-refractivity contribution in [3.63, 3.8) is 0 Å². The fourth-order valence-corrected chi connectivity index (χ4v) is 1.48. The minimum Gasteiger partial charge on any atom is -0.348 e. The number of rotatable bonds is 1. The van der Waals surface area contributed by atoms with E-state index in [-0.39, 0.29) is 5.84 Å². The summed E-state index contributed by atoms with van der Waals surface area (Å²) in [5.41, 5.74) is 0. The van der Waals surface area contributed by atoms with Crippen LogP contribution in [0.2, 0.25) is 0 Å². The number of hydrogen-bond donors (Lipinski definition) is 0. The van der Waals surface area contributed by atoms with Gasteiger partial charge >= 0.3 is 11.9 Å². The van der Waals surface area contributed by atoms with E-state index in [2.05, 4.69) is 10.0 Å². The second-order valence-electron chi connectivity index (χ2n) is 3.60. The van der Waals surface area contributed by atoms with Crippen LogP contribution < -0.4 is 0 Å². The summed E-state index contributed by atoms with van der Waals surface area (Å²) in [6.07, 6.45) is 2.25. The van der Waals surface area contributed by atoms with Crippen LogP contribution in [0.4, 0.5) is 0 Å². The van der Waals surface area contributed by atoms with E-state index in [1.165, 1.54) is 0 Å². The monoisotopic (exact) mass is 220 g/mol. The zero-order chi connectivity index (χ0) is 12.0. The summed E-state index contributed by atoms with van der Waals surface area (Å²) in [6, 6.07) is 2.23. The van der Waals surface area contributed by atoms with Gasteiger partial charge in [-0.05, 0) is 12.8 Å². The summed E-state index contributed by atoms with van der Waals surface area (Å²) in [5, 5.41) is 12.0. The summed E-state index contributed by atoms with van der Waals surface area (Å²) < 4.78 is 1.79. The summed E-state index contributed by atoms with van der Waals surface area (Å²) >= 11 is 0. The highest BCUT2D eigenvalue weighted by Gasteiger charge is 2.28. The smallest absolute Gasteiger partial charge is 0.348 e. The van der Waals surface area contributed by atoms with Crippen LogP contribution >= 0.6 is 0 Å². The zero-order valence-electron chi connectivity index (χ0n) is 9.47. The maximum atomic E-state index is 8.53. The van der Waals surface area contributed by atoms with E-state index in [4.69, 9.17) is 16.7 Å². The fraction of sp³-hybridized carbons (Fsp3) is 0.600. The van der Waals surface area contributed by atoms with Crippen molar-refractivity contribution in [2.45, 2.75) is 12.8 Å². The first-order valence-corrected chi connectivity index (χ1v) is 5.01. The Kier molecular flexibility index (Phi) is 4.28. The molecule has 0 radical (unpaired) electrons. The van der Waals surface area contributed by atoms with Gasteiger partial charge in [0.2, 0.25) is 0 Å². The molecule has 0 spiro atoms. The van der Waals surface area contributed by atoms with Gasteiger partial charge in [0, 0.05) is 0 Å². The van der Waals surface area contributed by atoms with Crippen LogP contribution in [0.15, 0.2) is 5.16 Å². The van der Waals surface area contributed by atoms with E-state index in [0.29, 0.717) is 6.02 Å². The van der Waals surface area contributed by atoms with Crippen molar-refractivity contribution in [3.8, 4) is 6.07 Å². The van der Waals surface area contributed by atoms with Gasteiger partial charge in [0.1, 0.15) is 6.07 Å². The molecule has 0 N–H and O–H groups in total. The Bertz CT molecular complexity index is 372. The lowest BCUT2D eigenvalue weighted by Gasteiger charge is -2.08. The number of nitriles is 1. The highest BCUT2D eigenvalue weighted by Crippen LogP contribution is 2.08. The quantitative estimate of drug-likeness (QED) is 0.212. The maximum absolute atomic E-state index is 8.53. The van der Waals surface area contributed by atoms with E-state index in [1.54, 1.807) is 10.6 Å². The second-order valence-corrected chi connectivity index (χ2v) is 3.60. The van der Waals surface area contributed by atoms with Crippen molar-refractivity contribution in [2.24, 2.45) is 5.16 Å². The molecule has 0 unspecified atom stereocenters. The predicted molar refractivity (Wildman–Crippen MR) is 58.7 cm³/mol. The number of nitrogens with zero attached hydrogens (tertiary/aromatic N) is 5. The molecule has 0 amide bonds. The third-order valence-corrected chi connectivity index (χ3v) is 2.18. The second kappa shape index (κ2) is 5.72. The van der Waals surface area contributed by atoms with Crippen LogP contribution in [-0.4, -0.2) is 48.5 Å². The number of hydrogen-bond acceptors (Lipinski definition) is 3. The molecule has 6 heteroatoms. The first-order chi connectivity index (χ1) is 7.69. The van der Waals surface area contributed by atoms with Gasteiger partial charge in [-0.15, -0.1) is 0 Å². The Balaban J connectivity index is 2.76. The SMILES string of the molecule is [C-]#[N+]C(C#N)=NOC(N1CCCC1)=[N+](C)C. The Hall–Kier alpha value is -2.08. The van der Waals surface area contributed by atoms with E-state index in [1.807, 2.05) is 19.0 Å². The zero-order valence-corrected chi connectivity index (χ0v) is 9.47. The maximum Gasteiger partial charge on any atom is 0.492 e. The highest BCUT2D eigenvalue weighted by molar-refractivity contribution is 6.03. The molecular weight excluding hydrogens is 206 g/mol. The van der Waals surface area contributed by atoms with E-state index >= 15 is 0 Å². The molecule has 1 fully saturated rings. The standard InChI is InChI=1S/C10H14N5O/c1-12-9(8-11)13-16-10(14(2)3)15-6-4-5-7-15/h4-7H2,2-3H3/q+1. The van der Waals surface area contributed by atoms with Gasteiger partial charge in [-0.1, -0.05) is 6.57 Å². The van der Waals surface area contributed by atoms with Crippen molar-refractivity contribution in [1.29, 1.82) is 5.26 Å². The molecule has 1 aliphatic heterocycles. The molecule has 1 heterocycles. The molecule has 0 atom stereocenters. The van der Waals surface area contributed by atoms with Gasteiger partial charge in [-0.25, -0.2) is 14.7 Å². The molecule has 0 aromatic carbocycles. The van der Waals surface area contributed by atoms with E-state index in [9.17, 15) is 0 Å². The normalized spacial score (nSPS) is 15.2. The topological polar surface area (TPSA) is 56.0 Å². The molecule has 1 aliphatic rings. The van der Waals surface area contributed by atoms with Crippen LogP contribution in [0, 0.1) is 17.9 Å². The van der Waals surface area contributed by atoms with Crippen molar-refractivity contribution in [1.82, 2.24) is 4.90 Å². The van der Waals surface area contributed by atoms with Crippen molar-refractivity contribution >= 4 is 11.9 Å². The molecule has 6 nitrogen and oxygen atoms in total. The lowest BCUT2D eigenvalue weighted by Crippen LogP contribution is -2.35. The Morgan fingerprint density at radius 2 is 2.12 bits per heavy atom. The van der Waals surface area contributed by atoms with Gasteiger partial charge in [-0.3, -0.25) is 0 Å². The van der Waals surface area contributed by atoms with Crippen LogP contribution in [-0.2, 0) is 4.84 Å². The van der Waals surface area contributed by atoms with E-state index < -0.39 is 0 Å². The summed E-state index contributed by atoms with van der Waals surface area (Å²) in [5.74, 6) is -0.293. The number of oxime groups is 1. The van der Waals surface area contributed by atoms with Crippen molar-refractivity contribution < 1.29 is 9.41 Å². The van der Waals surface area contributed by atoms with Crippen LogP contribution in [0.25, 0.3) is 4.85 Å². The average molecular weight is 220 g/mol. The minimum atomic E-state index is -0.293. The lowest BCUT2D eigenvalue weighted by molar-refractivity contribution is -0.481. The first-order valence-electron chi connectivity index (χ1n) is 5.01. The molecule has 1 saturated heterocycles. The molecule has 0 aromatic heterocycles. The molecule has 1 rings (SSSR count). The van der Waals surface area contributed by atoms with Crippen molar-refractivity contribution in [2.75, 3.05) is 27.2 Å². The molecule has 0 aliphatic carbocycles. The molecule has 0 bridgehead atoms. The summed E-state index contributed by atoms with van der Waals surface area (Å²) in [6.45, 7) is 8.52. The van der Waals surface area contributed by atoms with Gasteiger partial charge in [0.25, 0.3) is 0 Å². The van der Waals surface area contributed by atoms with Gasteiger partial charge < -0.3 is 4.85 Å². The summed E-state index contributed by atoms with van der Waals surface area (Å²) in [4.78, 5) is 10.1. The fourth-order valence-electron chi connectivity index (χ4n) is 1.48. The predicted octanol–water partition coefficient (Wildman–Crippen LogP) is 0.483. The molecule has 0 aromatic rings. The number of amidine groups is 2. The Morgan fingerprint density at radius 1 is 1.50 bits per heavy atom. The first kappa shape index (κ1) is 12.0. The third kappa shape index (κ3) is 2.96. The molecule has 0 saturated carbocycles. The molecular formula is C10H14N5O+. The average Bonchev–Trinajstić information content (AvgIpc) is 2.77. The van der Waals surface area contributed by atoms with Crippen LogP contribution in [0.5, 0.6) is 0 Å². The third-order valence-electron chi connectivity index (χ3n) is 2.18. The largest absolute Gasteiger partial charge is 0.492 e. The lowest BCUT2D eigenvalue weighted by atomic mass is 10.4. The van der Waals surface area contributed by atoms with E-state index in [0.717, 1.165) is 25.9 Å². The molecule has 84 valence electrons. The van der Waals surface area contributed by atoms with Gasteiger partial charge in [0.05, 0.1) is 32.3 Å². The highest BCUT2D eigenvalue weighted by atomic mass is 16.7.